The molecule has 1 aromatic carbocycles. The van der Waals surface area contributed by atoms with Gasteiger partial charge >= 0.3 is 0 Å². The van der Waals surface area contributed by atoms with Gasteiger partial charge in [0.15, 0.2) is 0 Å². The van der Waals surface area contributed by atoms with Gasteiger partial charge in [-0.3, -0.25) is 0 Å². The zero-order chi connectivity index (χ0) is 14.9. The van der Waals surface area contributed by atoms with Gasteiger partial charge in [0.2, 0.25) is 0 Å². The van der Waals surface area contributed by atoms with Crippen LogP contribution in [0.2, 0.25) is 5.02 Å². The third-order valence-electron chi connectivity index (χ3n) is 3.65. The molecular weight excluding hydrogens is 295 g/mol. The summed E-state index contributed by atoms with van der Waals surface area (Å²) in [6.07, 6.45) is 2.65. The van der Waals surface area contributed by atoms with E-state index in [1.54, 1.807) is 14.2 Å². The number of allylic oxidation sites excluding steroid dienone is 4. The monoisotopic (exact) mass is 312 g/mol. The van der Waals surface area contributed by atoms with E-state index in [0.717, 1.165) is 33.2 Å². The van der Waals surface area contributed by atoms with Gasteiger partial charge in [0.1, 0.15) is 5.75 Å². The summed E-state index contributed by atoms with van der Waals surface area (Å²) in [6.45, 7) is 3.96. The molecule has 0 amide bonds. The van der Waals surface area contributed by atoms with E-state index in [1.807, 2.05) is 32.1 Å². The quantitative estimate of drug-likeness (QED) is 0.765. The molecule has 1 aliphatic rings. The van der Waals surface area contributed by atoms with Crippen LogP contribution < -0.4 is 4.74 Å². The van der Waals surface area contributed by atoms with Crippen molar-refractivity contribution in [3.05, 3.63) is 50.7 Å². The Morgan fingerprint density at radius 2 is 1.80 bits per heavy atom. The van der Waals surface area contributed by atoms with E-state index in [0.29, 0.717) is 11.4 Å². The fourth-order valence-corrected chi connectivity index (χ4v) is 3.20. The first-order valence-corrected chi connectivity index (χ1v) is 7.18. The predicted octanol–water partition coefficient (Wildman–Crippen LogP) is 5.19. The molecule has 2 rings (SSSR count). The van der Waals surface area contributed by atoms with E-state index in [2.05, 4.69) is 0 Å². The molecule has 20 heavy (non-hydrogen) atoms. The number of rotatable bonds is 3. The van der Waals surface area contributed by atoms with Crippen LogP contribution in [-0.4, -0.2) is 14.2 Å². The van der Waals surface area contributed by atoms with E-state index in [4.69, 9.17) is 32.7 Å². The van der Waals surface area contributed by atoms with Crippen molar-refractivity contribution in [2.75, 3.05) is 14.2 Å². The second-order valence-corrected chi connectivity index (χ2v) is 5.78. The van der Waals surface area contributed by atoms with E-state index < -0.39 is 0 Å². The largest absolute Gasteiger partial charge is 0.501 e. The SMILES string of the molecule is COC1=C(C)C=C(Cl)C(c2cc(OC)c(C)cc2Cl)C1. The Bertz CT molecular complexity index is 588. The summed E-state index contributed by atoms with van der Waals surface area (Å²) in [7, 11) is 3.34. The third-order valence-corrected chi connectivity index (χ3v) is 4.35. The van der Waals surface area contributed by atoms with Gasteiger partial charge in [-0.2, -0.15) is 0 Å². The Morgan fingerprint density at radius 3 is 2.40 bits per heavy atom. The van der Waals surface area contributed by atoms with Gasteiger partial charge in [-0.15, -0.1) is 0 Å². The zero-order valence-electron chi connectivity index (χ0n) is 12.1. The summed E-state index contributed by atoms with van der Waals surface area (Å²) in [5.74, 6) is 1.77. The second kappa shape index (κ2) is 6.11. The van der Waals surface area contributed by atoms with Gasteiger partial charge in [0.05, 0.1) is 20.0 Å². The number of benzene rings is 1. The highest BCUT2D eigenvalue weighted by Gasteiger charge is 2.25. The molecule has 0 bridgehead atoms. The minimum Gasteiger partial charge on any atom is -0.501 e. The molecule has 0 heterocycles. The van der Waals surface area contributed by atoms with E-state index in [-0.39, 0.29) is 5.92 Å². The average Bonchev–Trinajstić information content (AvgIpc) is 2.40. The van der Waals surface area contributed by atoms with Crippen LogP contribution in [0.5, 0.6) is 5.75 Å². The van der Waals surface area contributed by atoms with Crippen molar-refractivity contribution in [3.8, 4) is 5.75 Å². The normalized spacial score (nSPS) is 18.9. The Labute approximate surface area is 130 Å². The maximum atomic E-state index is 6.41. The van der Waals surface area contributed by atoms with Crippen LogP contribution in [0.25, 0.3) is 0 Å². The number of ether oxygens (including phenoxy) is 2. The first-order valence-electron chi connectivity index (χ1n) is 6.42. The molecule has 0 saturated carbocycles. The molecule has 108 valence electrons. The smallest absolute Gasteiger partial charge is 0.122 e. The first-order chi connectivity index (χ1) is 9.47. The van der Waals surface area contributed by atoms with Crippen molar-refractivity contribution in [3.63, 3.8) is 0 Å². The highest BCUT2D eigenvalue weighted by Crippen LogP contribution is 2.43. The van der Waals surface area contributed by atoms with E-state index >= 15 is 0 Å². The number of aryl methyl sites for hydroxylation is 1. The lowest BCUT2D eigenvalue weighted by molar-refractivity contribution is 0.268. The molecule has 1 unspecified atom stereocenters. The molecule has 0 spiro atoms. The molecule has 0 N–H and O–H groups in total. The molecule has 1 aliphatic carbocycles. The summed E-state index contributed by atoms with van der Waals surface area (Å²) in [5, 5.41) is 1.48. The molecule has 1 aromatic rings. The van der Waals surface area contributed by atoms with E-state index in [1.165, 1.54) is 0 Å². The minimum atomic E-state index is 0.0114. The highest BCUT2D eigenvalue weighted by atomic mass is 35.5. The van der Waals surface area contributed by atoms with Crippen molar-refractivity contribution in [1.82, 2.24) is 0 Å². The Kier molecular flexibility index (Phi) is 4.66. The molecule has 0 saturated heterocycles. The number of methoxy groups -OCH3 is 2. The van der Waals surface area contributed by atoms with Gasteiger partial charge in [-0.05, 0) is 48.8 Å². The second-order valence-electron chi connectivity index (χ2n) is 4.94. The minimum absolute atomic E-state index is 0.0114. The van der Waals surface area contributed by atoms with Crippen molar-refractivity contribution in [2.45, 2.75) is 26.2 Å². The maximum Gasteiger partial charge on any atom is 0.122 e. The lowest BCUT2D eigenvalue weighted by Crippen LogP contribution is -2.09. The topological polar surface area (TPSA) is 18.5 Å². The fraction of sp³-hybridized carbons (Fsp3) is 0.375. The van der Waals surface area contributed by atoms with Crippen LogP contribution in [0.15, 0.2) is 34.6 Å². The van der Waals surface area contributed by atoms with Gasteiger partial charge in [-0.1, -0.05) is 23.2 Å². The average molecular weight is 313 g/mol. The van der Waals surface area contributed by atoms with Crippen molar-refractivity contribution in [2.24, 2.45) is 0 Å². The molecular formula is C16H18Cl2O2. The summed E-state index contributed by atoms with van der Waals surface area (Å²) in [5.41, 5.74) is 3.04. The standard InChI is InChI=1S/C16H18Cl2O2/c1-9-5-13(17)11(7-15(9)19-3)12-8-16(20-4)10(2)6-14(12)18/h5-7,12H,8H2,1-4H3. The van der Waals surface area contributed by atoms with Crippen LogP contribution >= 0.6 is 23.2 Å². The van der Waals surface area contributed by atoms with Crippen LogP contribution in [0.3, 0.4) is 0 Å². The predicted molar refractivity (Wildman–Crippen MR) is 83.7 cm³/mol. The summed E-state index contributed by atoms with van der Waals surface area (Å²) in [4.78, 5) is 0. The Hall–Kier alpha value is -1.12. The lowest BCUT2D eigenvalue weighted by Gasteiger charge is -2.25. The maximum absolute atomic E-state index is 6.41. The summed E-state index contributed by atoms with van der Waals surface area (Å²) >= 11 is 12.8. The summed E-state index contributed by atoms with van der Waals surface area (Å²) < 4.78 is 10.8. The number of hydrogen-bond donors (Lipinski definition) is 0. The third kappa shape index (κ3) is 2.82. The summed E-state index contributed by atoms with van der Waals surface area (Å²) in [6, 6.07) is 3.88. The van der Waals surface area contributed by atoms with Crippen LogP contribution in [0, 0.1) is 6.92 Å². The first kappa shape index (κ1) is 15.3. The molecule has 2 nitrogen and oxygen atoms in total. The van der Waals surface area contributed by atoms with Crippen LogP contribution in [-0.2, 0) is 4.74 Å². The molecule has 0 aliphatic heterocycles. The van der Waals surface area contributed by atoms with E-state index in [9.17, 15) is 0 Å². The number of halogens is 2. The van der Waals surface area contributed by atoms with Gasteiger partial charge in [-0.25, -0.2) is 0 Å². The van der Waals surface area contributed by atoms with Crippen molar-refractivity contribution in [1.29, 1.82) is 0 Å². The fourth-order valence-electron chi connectivity index (χ4n) is 2.49. The Morgan fingerprint density at radius 1 is 1.10 bits per heavy atom. The van der Waals surface area contributed by atoms with Crippen molar-refractivity contribution >= 4 is 23.2 Å². The molecule has 1 atom stereocenters. The van der Waals surface area contributed by atoms with Gasteiger partial charge in [0.25, 0.3) is 0 Å². The van der Waals surface area contributed by atoms with Crippen molar-refractivity contribution < 1.29 is 9.47 Å². The van der Waals surface area contributed by atoms with Gasteiger partial charge in [0, 0.05) is 22.4 Å². The Balaban J connectivity index is 2.45. The van der Waals surface area contributed by atoms with Crippen LogP contribution in [0.4, 0.5) is 0 Å². The molecule has 0 fully saturated rings. The van der Waals surface area contributed by atoms with Crippen LogP contribution in [0.1, 0.15) is 30.4 Å². The lowest BCUT2D eigenvalue weighted by atomic mass is 9.88. The number of hydrogen-bond acceptors (Lipinski definition) is 2. The van der Waals surface area contributed by atoms with Gasteiger partial charge < -0.3 is 9.47 Å². The molecule has 0 aromatic heterocycles. The zero-order valence-corrected chi connectivity index (χ0v) is 13.6. The highest BCUT2D eigenvalue weighted by molar-refractivity contribution is 6.33. The molecule has 4 heteroatoms. The molecule has 0 radical (unpaired) electrons.